The molecule has 0 aliphatic carbocycles. The Labute approximate surface area is 122 Å². The summed E-state index contributed by atoms with van der Waals surface area (Å²) < 4.78 is 7.00. The zero-order valence-corrected chi connectivity index (χ0v) is 11.9. The van der Waals surface area contributed by atoms with E-state index in [1.807, 2.05) is 6.92 Å². The highest BCUT2D eigenvalue weighted by atomic mass is 16.5. The molecule has 1 fully saturated rings. The van der Waals surface area contributed by atoms with Crippen LogP contribution in [0.25, 0.3) is 5.95 Å². The van der Waals surface area contributed by atoms with Gasteiger partial charge in [-0.25, -0.2) is 4.98 Å². The van der Waals surface area contributed by atoms with Gasteiger partial charge in [0.2, 0.25) is 11.9 Å². The van der Waals surface area contributed by atoms with Crippen molar-refractivity contribution >= 4 is 11.9 Å². The molecule has 0 spiro atoms. The van der Waals surface area contributed by atoms with Crippen molar-refractivity contribution in [3.05, 3.63) is 12.7 Å². The highest BCUT2D eigenvalue weighted by Gasteiger charge is 2.16. The molecule has 21 heavy (non-hydrogen) atoms. The maximum absolute atomic E-state index is 5.47. The lowest BCUT2D eigenvalue weighted by atomic mass is 10.4. The summed E-state index contributed by atoms with van der Waals surface area (Å²) in [4.78, 5) is 19.4. The average molecular weight is 290 g/mol. The fraction of sp³-hybridized carbons (Fsp3) is 0.583. The molecule has 112 valence electrons. The summed E-state index contributed by atoms with van der Waals surface area (Å²) in [6.07, 6.45) is 3.98. The van der Waals surface area contributed by atoms with Gasteiger partial charge in [-0.15, -0.1) is 0 Å². The Morgan fingerprint density at radius 3 is 2.90 bits per heavy atom. The highest BCUT2D eigenvalue weighted by Crippen LogP contribution is 2.14. The minimum absolute atomic E-state index is 0.457. The Morgan fingerprint density at radius 2 is 2.10 bits per heavy atom. The molecule has 9 heteroatoms. The maximum atomic E-state index is 5.47. The molecule has 1 saturated heterocycles. The lowest BCUT2D eigenvalue weighted by Crippen LogP contribution is -2.29. The van der Waals surface area contributed by atoms with E-state index in [2.05, 4.69) is 35.3 Å². The van der Waals surface area contributed by atoms with Crippen LogP contribution in [0.5, 0.6) is 0 Å². The van der Waals surface area contributed by atoms with Crippen LogP contribution in [0.2, 0.25) is 0 Å². The van der Waals surface area contributed by atoms with Crippen LogP contribution in [0.1, 0.15) is 13.3 Å². The molecule has 0 bridgehead atoms. The molecule has 0 atom stereocenters. The van der Waals surface area contributed by atoms with E-state index in [-0.39, 0.29) is 0 Å². The molecule has 2 aromatic rings. The summed E-state index contributed by atoms with van der Waals surface area (Å²) in [5.74, 6) is 1.63. The summed E-state index contributed by atoms with van der Waals surface area (Å²) in [5.41, 5.74) is 0. The van der Waals surface area contributed by atoms with Crippen LogP contribution in [0.15, 0.2) is 12.7 Å². The Hall–Kier alpha value is -2.29. The molecular weight excluding hydrogens is 272 g/mol. The van der Waals surface area contributed by atoms with Gasteiger partial charge in [0.1, 0.15) is 12.7 Å². The largest absolute Gasteiger partial charge is 0.380 e. The quantitative estimate of drug-likeness (QED) is 0.848. The molecule has 0 amide bonds. The van der Waals surface area contributed by atoms with Gasteiger partial charge in [-0.3, -0.25) is 0 Å². The topological polar surface area (TPSA) is 93.9 Å². The fourth-order valence-corrected chi connectivity index (χ4v) is 2.09. The third kappa shape index (κ3) is 3.24. The summed E-state index contributed by atoms with van der Waals surface area (Å²) in [6, 6.07) is 0. The van der Waals surface area contributed by atoms with Gasteiger partial charge in [0.15, 0.2) is 0 Å². The molecular formula is C12H18N8O. The Kier molecular flexibility index (Phi) is 4.20. The number of aromatic nitrogens is 6. The number of nitrogens with zero attached hydrogens (tertiary/aromatic N) is 7. The van der Waals surface area contributed by atoms with Gasteiger partial charge in [0.05, 0.1) is 6.61 Å². The lowest BCUT2D eigenvalue weighted by Gasteiger charge is -2.20. The Balaban J connectivity index is 1.94. The average Bonchev–Trinajstić information content (AvgIpc) is 2.90. The second-order valence-corrected chi connectivity index (χ2v) is 4.58. The molecule has 3 heterocycles. The summed E-state index contributed by atoms with van der Waals surface area (Å²) in [6.45, 7) is 5.83. The number of hydrogen-bond acceptors (Lipinski definition) is 8. The molecule has 2 aromatic heterocycles. The van der Waals surface area contributed by atoms with Crippen molar-refractivity contribution < 1.29 is 4.74 Å². The zero-order valence-electron chi connectivity index (χ0n) is 11.9. The molecule has 1 aliphatic rings. The van der Waals surface area contributed by atoms with E-state index in [1.54, 1.807) is 6.33 Å². The Bertz CT molecular complexity index is 565. The molecule has 3 rings (SSSR count). The van der Waals surface area contributed by atoms with Crippen molar-refractivity contribution in [2.24, 2.45) is 0 Å². The SMILES string of the molecule is CCNc1nc(N2CCCOCC2)nc(-n2cncn2)n1. The molecule has 1 N–H and O–H groups in total. The predicted molar refractivity (Wildman–Crippen MR) is 76.6 cm³/mol. The van der Waals surface area contributed by atoms with E-state index in [1.165, 1.54) is 11.0 Å². The molecule has 0 radical (unpaired) electrons. The van der Waals surface area contributed by atoms with Crippen molar-refractivity contribution in [2.45, 2.75) is 13.3 Å². The monoisotopic (exact) mass is 290 g/mol. The highest BCUT2D eigenvalue weighted by molar-refractivity contribution is 5.40. The van der Waals surface area contributed by atoms with Crippen molar-refractivity contribution in [1.29, 1.82) is 0 Å². The lowest BCUT2D eigenvalue weighted by molar-refractivity contribution is 0.152. The fourth-order valence-electron chi connectivity index (χ4n) is 2.09. The van der Waals surface area contributed by atoms with Crippen LogP contribution in [0, 0.1) is 0 Å². The minimum atomic E-state index is 0.457. The van der Waals surface area contributed by atoms with Crippen LogP contribution < -0.4 is 10.2 Å². The second-order valence-electron chi connectivity index (χ2n) is 4.58. The second kappa shape index (κ2) is 6.44. The van der Waals surface area contributed by atoms with Crippen LogP contribution >= 0.6 is 0 Å². The standard InChI is InChI=1S/C12H18N8O/c1-2-14-10-16-11(19-4-3-6-21-7-5-19)18-12(17-10)20-9-13-8-15-20/h8-9H,2-7H2,1H3,(H,14,16,17,18). The van der Waals surface area contributed by atoms with Crippen LogP contribution in [0.3, 0.4) is 0 Å². The summed E-state index contributed by atoms with van der Waals surface area (Å²) in [5, 5.41) is 7.20. The van der Waals surface area contributed by atoms with Gasteiger partial charge in [-0.1, -0.05) is 0 Å². The normalized spacial score (nSPS) is 15.8. The number of hydrogen-bond donors (Lipinski definition) is 1. The number of nitrogens with one attached hydrogen (secondary N) is 1. The summed E-state index contributed by atoms with van der Waals surface area (Å²) in [7, 11) is 0. The molecule has 0 aromatic carbocycles. The number of ether oxygens (including phenoxy) is 1. The van der Waals surface area contributed by atoms with Gasteiger partial charge in [-0.2, -0.15) is 24.7 Å². The van der Waals surface area contributed by atoms with Crippen LogP contribution in [-0.2, 0) is 4.74 Å². The smallest absolute Gasteiger partial charge is 0.258 e. The van der Waals surface area contributed by atoms with Gasteiger partial charge in [0.25, 0.3) is 5.95 Å². The van der Waals surface area contributed by atoms with Crippen molar-refractivity contribution in [2.75, 3.05) is 43.1 Å². The van der Waals surface area contributed by atoms with Crippen molar-refractivity contribution in [1.82, 2.24) is 29.7 Å². The van der Waals surface area contributed by atoms with Gasteiger partial charge < -0.3 is 15.0 Å². The predicted octanol–water partition coefficient (Wildman–Crippen LogP) is 0.111. The molecule has 1 aliphatic heterocycles. The molecule has 9 nitrogen and oxygen atoms in total. The van der Waals surface area contributed by atoms with E-state index in [0.717, 1.165) is 32.7 Å². The third-order valence-electron chi connectivity index (χ3n) is 3.08. The van der Waals surface area contributed by atoms with E-state index in [0.29, 0.717) is 24.5 Å². The van der Waals surface area contributed by atoms with E-state index in [9.17, 15) is 0 Å². The summed E-state index contributed by atoms with van der Waals surface area (Å²) >= 11 is 0. The van der Waals surface area contributed by atoms with Gasteiger partial charge >= 0.3 is 0 Å². The third-order valence-corrected chi connectivity index (χ3v) is 3.08. The molecule has 0 saturated carbocycles. The minimum Gasteiger partial charge on any atom is -0.380 e. The van der Waals surface area contributed by atoms with Gasteiger partial charge in [-0.05, 0) is 13.3 Å². The van der Waals surface area contributed by atoms with E-state index >= 15 is 0 Å². The molecule has 0 unspecified atom stereocenters. The van der Waals surface area contributed by atoms with Crippen LogP contribution in [0.4, 0.5) is 11.9 Å². The van der Waals surface area contributed by atoms with E-state index in [4.69, 9.17) is 4.74 Å². The number of rotatable bonds is 4. The number of anilines is 2. The first-order valence-electron chi connectivity index (χ1n) is 7.04. The zero-order chi connectivity index (χ0) is 14.5. The first-order valence-corrected chi connectivity index (χ1v) is 7.04. The maximum Gasteiger partial charge on any atom is 0.258 e. The first-order chi connectivity index (χ1) is 10.4. The van der Waals surface area contributed by atoms with E-state index < -0.39 is 0 Å². The van der Waals surface area contributed by atoms with Crippen molar-refractivity contribution in [3.63, 3.8) is 0 Å². The van der Waals surface area contributed by atoms with Gasteiger partial charge in [0, 0.05) is 26.2 Å². The Morgan fingerprint density at radius 1 is 1.19 bits per heavy atom. The first kappa shape index (κ1) is 13.7. The van der Waals surface area contributed by atoms with Crippen LogP contribution in [-0.4, -0.2) is 62.6 Å². The van der Waals surface area contributed by atoms with Crippen molar-refractivity contribution in [3.8, 4) is 5.95 Å².